The zero-order valence-corrected chi connectivity index (χ0v) is 27.4. The molecule has 8 aromatic rings. The SMILES string of the molecule is Cc1nc2c(N3c4ccccc4C(C)(C)c4ccccc43)c3nc(C)c(C)nc3c(-n3c4ccccc4c4ccccc43)c2nc1C. The predicted octanol–water partition coefficient (Wildman–Crippen LogP) is 10.0. The molecule has 5 aromatic carbocycles. The topological polar surface area (TPSA) is 59.7 Å². The Bertz CT molecular complexity index is 2440. The van der Waals surface area contributed by atoms with Crippen molar-refractivity contribution in [1.82, 2.24) is 24.5 Å². The van der Waals surface area contributed by atoms with Crippen molar-refractivity contribution in [1.29, 1.82) is 0 Å². The van der Waals surface area contributed by atoms with Crippen LogP contribution in [0.1, 0.15) is 47.8 Å². The number of hydrogen-bond acceptors (Lipinski definition) is 5. The summed E-state index contributed by atoms with van der Waals surface area (Å²) < 4.78 is 2.33. The van der Waals surface area contributed by atoms with Gasteiger partial charge in [-0.3, -0.25) is 0 Å². The molecular formula is C41H34N6. The molecule has 9 rings (SSSR count). The number of nitrogens with zero attached hydrogens (tertiary/aromatic N) is 6. The fourth-order valence-corrected chi connectivity index (χ4v) is 7.59. The van der Waals surface area contributed by atoms with Crippen LogP contribution in [0, 0.1) is 27.7 Å². The summed E-state index contributed by atoms with van der Waals surface area (Å²) in [5, 5.41) is 2.37. The Kier molecular flexibility index (Phi) is 5.71. The second-order valence-corrected chi connectivity index (χ2v) is 13.2. The van der Waals surface area contributed by atoms with Crippen molar-refractivity contribution in [3.8, 4) is 5.69 Å². The van der Waals surface area contributed by atoms with Crippen LogP contribution < -0.4 is 4.90 Å². The van der Waals surface area contributed by atoms with Gasteiger partial charge >= 0.3 is 0 Å². The van der Waals surface area contributed by atoms with Gasteiger partial charge in [-0.2, -0.15) is 0 Å². The number of benzene rings is 5. The normalized spacial score (nSPS) is 13.9. The molecule has 0 saturated carbocycles. The average Bonchev–Trinajstić information content (AvgIpc) is 3.40. The van der Waals surface area contributed by atoms with Crippen LogP contribution in [0.4, 0.5) is 17.1 Å². The summed E-state index contributed by atoms with van der Waals surface area (Å²) in [7, 11) is 0. The Balaban J connectivity index is 1.54. The molecule has 0 saturated heterocycles. The van der Waals surface area contributed by atoms with Gasteiger partial charge in [0.05, 0.1) is 45.2 Å². The Morgan fingerprint density at radius 3 is 1.26 bits per heavy atom. The van der Waals surface area contributed by atoms with Crippen LogP contribution in [-0.4, -0.2) is 24.5 Å². The molecule has 0 N–H and O–H groups in total. The van der Waals surface area contributed by atoms with Crippen molar-refractivity contribution in [2.45, 2.75) is 47.0 Å². The van der Waals surface area contributed by atoms with E-state index >= 15 is 0 Å². The van der Waals surface area contributed by atoms with Gasteiger partial charge in [0.2, 0.25) is 0 Å². The van der Waals surface area contributed by atoms with Crippen LogP contribution >= 0.6 is 0 Å². The molecule has 0 amide bonds. The van der Waals surface area contributed by atoms with E-state index in [0.717, 1.165) is 78.6 Å². The first-order valence-electron chi connectivity index (χ1n) is 16.2. The summed E-state index contributed by atoms with van der Waals surface area (Å²) >= 11 is 0. The molecule has 0 radical (unpaired) electrons. The van der Waals surface area contributed by atoms with E-state index in [-0.39, 0.29) is 5.41 Å². The van der Waals surface area contributed by atoms with Crippen LogP contribution in [0.25, 0.3) is 49.6 Å². The van der Waals surface area contributed by atoms with Crippen molar-refractivity contribution in [2.75, 3.05) is 4.90 Å². The molecule has 1 aliphatic rings. The highest BCUT2D eigenvalue weighted by Gasteiger charge is 2.39. The molecule has 6 heteroatoms. The molecule has 1 aliphatic heterocycles. The zero-order chi connectivity index (χ0) is 32.2. The van der Waals surface area contributed by atoms with Crippen molar-refractivity contribution in [3.05, 3.63) is 131 Å². The number of para-hydroxylation sites is 4. The standard InChI is InChI=1S/C41H34N6/c1-23-25(3)44-37-35(42-23)39(46-31-19-11-7-15-27(31)28-16-8-12-20-32(28)46)36-38(45-26(4)24(2)43-36)40(37)47-33-21-13-9-17-29(33)41(5,6)30-18-10-14-22-34(30)47/h7-22H,1-6H3. The number of anilines is 3. The van der Waals surface area contributed by atoms with Gasteiger partial charge in [0.15, 0.2) is 0 Å². The van der Waals surface area contributed by atoms with E-state index in [9.17, 15) is 0 Å². The molecule has 4 heterocycles. The van der Waals surface area contributed by atoms with E-state index in [2.05, 4.69) is 120 Å². The number of aryl methyl sites for hydroxylation is 4. The second kappa shape index (κ2) is 9.69. The van der Waals surface area contributed by atoms with Crippen LogP contribution in [0.5, 0.6) is 0 Å². The van der Waals surface area contributed by atoms with Crippen molar-refractivity contribution in [3.63, 3.8) is 0 Å². The summed E-state index contributed by atoms with van der Waals surface area (Å²) in [5.41, 5.74) is 15.3. The first-order valence-corrected chi connectivity index (χ1v) is 16.2. The third-order valence-electron chi connectivity index (χ3n) is 10.2. The molecule has 228 valence electrons. The fourth-order valence-electron chi connectivity index (χ4n) is 7.59. The Hall–Kier alpha value is -5.62. The van der Waals surface area contributed by atoms with Crippen molar-refractivity contribution >= 4 is 60.9 Å². The van der Waals surface area contributed by atoms with Gasteiger partial charge < -0.3 is 9.47 Å². The molecule has 0 unspecified atom stereocenters. The van der Waals surface area contributed by atoms with Crippen molar-refractivity contribution in [2.24, 2.45) is 0 Å². The largest absolute Gasteiger partial charge is 0.306 e. The lowest BCUT2D eigenvalue weighted by atomic mass is 9.73. The average molecular weight is 611 g/mol. The number of aromatic nitrogens is 5. The molecule has 0 fully saturated rings. The highest BCUT2D eigenvalue weighted by molar-refractivity contribution is 6.18. The Morgan fingerprint density at radius 2 is 0.809 bits per heavy atom. The summed E-state index contributed by atoms with van der Waals surface area (Å²) in [6.07, 6.45) is 0. The molecule has 0 spiro atoms. The number of fused-ring (bicyclic) bond motifs is 7. The minimum atomic E-state index is -0.200. The highest BCUT2D eigenvalue weighted by atomic mass is 15.2. The van der Waals surface area contributed by atoms with E-state index in [1.165, 1.54) is 21.9 Å². The first kappa shape index (κ1) is 27.7. The van der Waals surface area contributed by atoms with Gasteiger partial charge in [-0.05, 0) is 63.1 Å². The van der Waals surface area contributed by atoms with Gasteiger partial charge in [-0.15, -0.1) is 0 Å². The van der Waals surface area contributed by atoms with Crippen LogP contribution in [0.15, 0.2) is 97.1 Å². The molecule has 0 atom stereocenters. The number of hydrogen-bond donors (Lipinski definition) is 0. The number of rotatable bonds is 2. The zero-order valence-electron chi connectivity index (χ0n) is 27.4. The summed E-state index contributed by atoms with van der Waals surface area (Å²) in [6.45, 7) is 12.8. The Morgan fingerprint density at radius 1 is 0.447 bits per heavy atom. The lowest BCUT2D eigenvalue weighted by Crippen LogP contribution is -2.31. The third kappa shape index (κ3) is 3.72. The predicted molar refractivity (Wildman–Crippen MR) is 193 cm³/mol. The van der Waals surface area contributed by atoms with Gasteiger partial charge in [0, 0.05) is 16.2 Å². The van der Waals surface area contributed by atoms with Gasteiger partial charge in [-0.25, -0.2) is 19.9 Å². The summed E-state index contributed by atoms with van der Waals surface area (Å²) in [5.74, 6) is 0. The monoisotopic (exact) mass is 610 g/mol. The molecule has 0 aliphatic carbocycles. The van der Waals surface area contributed by atoms with E-state index in [1.54, 1.807) is 0 Å². The Labute approximate surface area is 273 Å². The summed E-state index contributed by atoms with van der Waals surface area (Å²) in [4.78, 5) is 23.9. The highest BCUT2D eigenvalue weighted by Crippen LogP contribution is 2.54. The van der Waals surface area contributed by atoms with E-state index in [0.29, 0.717) is 0 Å². The maximum atomic E-state index is 5.38. The summed E-state index contributed by atoms with van der Waals surface area (Å²) in [6, 6.07) is 34.6. The first-order chi connectivity index (χ1) is 22.8. The maximum Gasteiger partial charge on any atom is 0.118 e. The fraction of sp³-hybridized carbons (Fsp3) is 0.171. The van der Waals surface area contributed by atoms with Crippen LogP contribution in [-0.2, 0) is 5.41 Å². The second-order valence-electron chi connectivity index (χ2n) is 13.2. The maximum absolute atomic E-state index is 5.38. The minimum absolute atomic E-state index is 0.200. The van der Waals surface area contributed by atoms with E-state index in [4.69, 9.17) is 19.9 Å². The van der Waals surface area contributed by atoms with Gasteiger partial charge in [-0.1, -0.05) is 86.6 Å². The van der Waals surface area contributed by atoms with Gasteiger partial charge in [0.1, 0.15) is 33.4 Å². The smallest absolute Gasteiger partial charge is 0.118 e. The molecule has 47 heavy (non-hydrogen) atoms. The van der Waals surface area contributed by atoms with Crippen LogP contribution in [0.3, 0.4) is 0 Å². The van der Waals surface area contributed by atoms with Crippen LogP contribution in [0.2, 0.25) is 0 Å². The lowest BCUT2D eigenvalue weighted by molar-refractivity contribution is 0.632. The molecule has 0 bridgehead atoms. The lowest BCUT2D eigenvalue weighted by Gasteiger charge is -2.42. The quantitative estimate of drug-likeness (QED) is 0.182. The van der Waals surface area contributed by atoms with Crippen molar-refractivity contribution < 1.29 is 0 Å². The van der Waals surface area contributed by atoms with E-state index in [1.807, 2.05) is 27.7 Å². The molecular weight excluding hydrogens is 576 g/mol. The third-order valence-corrected chi connectivity index (χ3v) is 10.2. The molecule has 3 aromatic heterocycles. The van der Waals surface area contributed by atoms with E-state index < -0.39 is 0 Å². The minimum Gasteiger partial charge on any atom is -0.306 e. The molecule has 6 nitrogen and oxygen atoms in total. The van der Waals surface area contributed by atoms with Gasteiger partial charge in [0.25, 0.3) is 0 Å².